The van der Waals surface area contributed by atoms with Gasteiger partial charge in [0.15, 0.2) is 18.5 Å². The number of carbonyl (C=O) groups excluding carboxylic acids is 12. The molecule has 31 N–H and O–H groups in total. The maximum atomic E-state index is 14.6. The molecule has 2 heterocycles. The van der Waals surface area contributed by atoms with E-state index in [1.54, 1.807) is 6.92 Å². The van der Waals surface area contributed by atoms with E-state index in [0.29, 0.717) is 5.56 Å². The van der Waals surface area contributed by atoms with Crippen LogP contribution in [0.1, 0.15) is 71.3 Å². The third-order valence-corrected chi connectivity index (χ3v) is 15.5. The summed E-state index contributed by atoms with van der Waals surface area (Å²) in [7, 11) is 0. The summed E-state index contributed by atoms with van der Waals surface area (Å²) in [6.07, 6.45) is -22.8. The Hall–Kier alpha value is -9.12. The Morgan fingerprint density at radius 2 is 1.13 bits per heavy atom. The SMILES string of the molecule is CC[C@H](C)[C@H](NC(=O)CNC(=O)[C@H](Cc1ccc(O)cc1)NC(=O)[C@@H](N)CC(=O)O)C(=O)N[C@@H](CO[C@@H]1O[C@H](CO)[C@H](O[C@H]2O[C@H](CO)[C@H](O)[C@H](O)[C@H]2O)[C@H](O)[C@H]1O)C(=O)N[C@@H](CCC(N)=O)C(=O)N[C@@H](C)C(=O)N[C@@H](CC(N)=O)C(=O)N[C@@H](CO)C(=O)N[C@@H](CCCN=C(N)N)C(N)=O. The summed E-state index contributed by atoms with van der Waals surface area (Å²) in [6, 6.07) is -10.4. The third-order valence-electron chi connectivity index (χ3n) is 15.5. The largest absolute Gasteiger partial charge is 0.508 e. The van der Waals surface area contributed by atoms with Crippen molar-refractivity contribution in [2.45, 2.75) is 188 Å². The zero-order valence-corrected chi connectivity index (χ0v) is 54.6. The summed E-state index contributed by atoms with van der Waals surface area (Å²) in [5, 5.41) is 123. The average Bonchev–Trinajstić information content (AvgIpc) is 0.787. The molecule has 0 radical (unpaired) electrons. The number of rotatable bonds is 42. The van der Waals surface area contributed by atoms with Crippen molar-refractivity contribution in [2.24, 2.45) is 45.3 Å². The fraction of sp³-hybridized carbons (Fsp3) is 0.649. The number of nitrogens with two attached hydrogens (primary N) is 6. The molecular weight excluding hydrogens is 1340 g/mol. The van der Waals surface area contributed by atoms with Gasteiger partial charge >= 0.3 is 5.97 Å². The lowest BCUT2D eigenvalue weighted by Gasteiger charge is -2.46. The minimum absolute atomic E-state index is 0.0257. The van der Waals surface area contributed by atoms with E-state index in [9.17, 15) is 113 Å². The van der Waals surface area contributed by atoms with Crippen LogP contribution in [0.3, 0.4) is 0 Å². The van der Waals surface area contributed by atoms with Crippen LogP contribution in [0.5, 0.6) is 5.75 Å². The molecule has 562 valence electrons. The number of ether oxygens (including phenoxy) is 4. The number of benzene rings is 1. The number of aliphatic carboxylic acids is 1. The minimum atomic E-state index is -2.25. The third kappa shape index (κ3) is 27.2. The minimum Gasteiger partial charge on any atom is -0.508 e. The van der Waals surface area contributed by atoms with Crippen molar-refractivity contribution >= 4 is 82.8 Å². The van der Waals surface area contributed by atoms with E-state index in [1.165, 1.54) is 31.2 Å². The number of carboxylic acids is 1. The number of aliphatic imine (C=N–C) groups is 1. The van der Waals surface area contributed by atoms with Gasteiger partial charge in [-0.1, -0.05) is 32.4 Å². The first-order chi connectivity index (χ1) is 47.0. The molecule has 100 heavy (non-hydrogen) atoms. The van der Waals surface area contributed by atoms with Gasteiger partial charge in [0, 0.05) is 19.4 Å². The molecular formula is C57H92N16O27. The van der Waals surface area contributed by atoms with Crippen molar-refractivity contribution < 1.29 is 132 Å². The highest BCUT2D eigenvalue weighted by molar-refractivity contribution is 5.99. The van der Waals surface area contributed by atoms with E-state index in [-0.39, 0.29) is 43.9 Å². The highest BCUT2D eigenvalue weighted by Gasteiger charge is 2.51. The fourth-order valence-electron chi connectivity index (χ4n) is 9.62. The smallest absolute Gasteiger partial charge is 0.305 e. The number of primary amides is 3. The number of carboxylic acid groups (broad SMARTS) is 1. The van der Waals surface area contributed by atoms with Crippen LogP contribution in [0, 0.1) is 5.92 Å². The van der Waals surface area contributed by atoms with Gasteiger partial charge in [-0.05, 0) is 49.8 Å². The molecule has 2 fully saturated rings. The van der Waals surface area contributed by atoms with E-state index in [2.05, 4.69) is 52.8 Å². The van der Waals surface area contributed by atoms with Crippen LogP contribution in [0.25, 0.3) is 0 Å². The Labute approximate surface area is 569 Å². The lowest BCUT2D eigenvalue weighted by atomic mass is 9.97. The van der Waals surface area contributed by atoms with Gasteiger partial charge in [0.25, 0.3) is 0 Å². The molecule has 0 bridgehead atoms. The maximum Gasteiger partial charge on any atom is 0.305 e. The molecule has 0 unspecified atom stereocenters. The standard InChI is InChI=1S/C57H92N16O27/c1-4-22(2)39(73-37(80)17-65-49(91)29(14-24-7-9-25(77)10-8-24)70-48(90)26(58)15-38(81)82)54(96)72-32(21-97-55-44(87)42(85)45(34(20-76)99-55)100-56-43(86)41(84)40(83)33(19-75)98-56)53(95)68-28(11-12-35(59)78)50(92)66-23(3)47(89)69-30(16-36(60)79)51(93)71-31(18-74)52(94)67-27(46(61)88)6-5-13-64-57(62)63/h7-10,22-23,26-34,39-45,55-56,74-77,83-87H,4-6,11-21,58H2,1-3H3,(H2,59,78)(H2,60,79)(H2,61,88)(H,65,91)(H,66,92)(H,67,94)(H,68,95)(H,69,89)(H,70,90)(H,71,93)(H,72,96)(H,73,80)(H,81,82)(H4,62,63,64)/t22-,23-,26-,27-,28-,29-,30-,31-,32-,33+,34+,39-,40-,41-,42+,43+,44+,45-,55+,56+/m0/s1. The van der Waals surface area contributed by atoms with Gasteiger partial charge in [-0.3, -0.25) is 67.3 Å². The number of aromatic hydroxyl groups is 1. The van der Waals surface area contributed by atoms with Gasteiger partial charge in [-0.25, -0.2) is 0 Å². The van der Waals surface area contributed by atoms with Crippen molar-refractivity contribution in [3.63, 3.8) is 0 Å². The van der Waals surface area contributed by atoms with Crippen molar-refractivity contribution in [3.05, 3.63) is 29.8 Å². The van der Waals surface area contributed by atoms with Gasteiger partial charge in [0.1, 0.15) is 103 Å². The molecule has 43 nitrogen and oxygen atoms in total. The summed E-state index contributed by atoms with van der Waals surface area (Å²) in [5.74, 6) is -16.7. The number of hydrogen-bond acceptors (Lipinski definition) is 28. The van der Waals surface area contributed by atoms with Gasteiger partial charge in [-0.2, -0.15) is 0 Å². The van der Waals surface area contributed by atoms with Crippen LogP contribution < -0.4 is 82.3 Å². The quantitative estimate of drug-likeness (QED) is 0.0164. The topological polar surface area (TPSA) is 738 Å². The van der Waals surface area contributed by atoms with Gasteiger partial charge < -0.3 is 152 Å². The van der Waals surface area contributed by atoms with Crippen LogP contribution in [0.15, 0.2) is 29.3 Å². The average molecular weight is 1430 g/mol. The number of nitrogens with one attached hydrogen (secondary N) is 9. The van der Waals surface area contributed by atoms with E-state index < -0.39 is 257 Å². The summed E-state index contributed by atoms with van der Waals surface area (Å²) < 4.78 is 22.3. The van der Waals surface area contributed by atoms with E-state index in [1.807, 2.05) is 0 Å². The summed E-state index contributed by atoms with van der Waals surface area (Å²) in [5.41, 5.74) is 32.8. The fourth-order valence-corrected chi connectivity index (χ4v) is 9.62. The molecule has 3 rings (SSSR count). The number of hydrogen-bond donors (Lipinski definition) is 25. The highest BCUT2D eigenvalue weighted by atomic mass is 16.7. The molecule has 2 aliphatic heterocycles. The molecule has 1 aromatic carbocycles. The number of phenols is 1. The Morgan fingerprint density at radius 1 is 0.580 bits per heavy atom. The molecule has 0 saturated carbocycles. The number of aliphatic hydroxyl groups excluding tert-OH is 8. The molecule has 2 saturated heterocycles. The van der Waals surface area contributed by atoms with E-state index in [0.717, 1.165) is 6.92 Å². The number of phenolic OH excluding ortho intramolecular Hbond substituents is 1. The van der Waals surface area contributed by atoms with Crippen LogP contribution in [0.2, 0.25) is 0 Å². The summed E-state index contributed by atoms with van der Waals surface area (Å²) >= 11 is 0. The number of carbonyl (C=O) groups is 13. The number of amides is 12. The lowest BCUT2D eigenvalue weighted by molar-refractivity contribution is -0.359. The van der Waals surface area contributed by atoms with Crippen LogP contribution in [0.4, 0.5) is 0 Å². The summed E-state index contributed by atoms with van der Waals surface area (Å²) in [6.45, 7) is -1.06. The van der Waals surface area contributed by atoms with Crippen molar-refractivity contribution in [2.75, 3.05) is 39.5 Å². The summed E-state index contributed by atoms with van der Waals surface area (Å²) in [4.78, 5) is 175. The Kier molecular flexibility index (Phi) is 35.3. The Morgan fingerprint density at radius 3 is 1.70 bits per heavy atom. The molecule has 20 atom stereocenters. The van der Waals surface area contributed by atoms with Gasteiger partial charge in [0.05, 0.1) is 51.9 Å². The molecule has 1 aromatic rings. The first kappa shape index (κ1) is 85.1. The number of aliphatic hydroxyl groups is 8. The van der Waals surface area contributed by atoms with Crippen molar-refractivity contribution in [3.8, 4) is 5.75 Å². The number of nitrogens with zero attached hydrogens (tertiary/aromatic N) is 1. The molecule has 2 aliphatic rings. The Balaban J connectivity index is 1.97. The predicted octanol–water partition coefficient (Wildman–Crippen LogP) is -13.9. The maximum absolute atomic E-state index is 14.6. The first-order valence-electron chi connectivity index (χ1n) is 31.1. The first-order valence-corrected chi connectivity index (χ1v) is 31.1. The van der Waals surface area contributed by atoms with Crippen molar-refractivity contribution in [1.82, 2.24) is 47.9 Å². The van der Waals surface area contributed by atoms with Crippen LogP contribution >= 0.6 is 0 Å². The second kappa shape index (κ2) is 41.5. The normalized spacial score (nSPS) is 23.4. The molecule has 0 aliphatic carbocycles. The Bertz CT molecular complexity index is 3000. The molecule has 0 spiro atoms. The lowest BCUT2D eigenvalue weighted by Crippen LogP contribution is -2.65. The van der Waals surface area contributed by atoms with Gasteiger partial charge in [-0.15, -0.1) is 0 Å². The van der Waals surface area contributed by atoms with Crippen LogP contribution in [-0.4, -0.2) is 289 Å². The second-order valence-corrected chi connectivity index (χ2v) is 23.4. The predicted molar refractivity (Wildman–Crippen MR) is 336 cm³/mol. The zero-order chi connectivity index (χ0) is 75.4. The zero-order valence-electron chi connectivity index (χ0n) is 54.6. The van der Waals surface area contributed by atoms with E-state index >= 15 is 0 Å². The monoisotopic (exact) mass is 1430 g/mol. The van der Waals surface area contributed by atoms with Crippen molar-refractivity contribution in [1.29, 1.82) is 0 Å². The number of guanidine groups is 1. The molecule has 43 heteroatoms. The van der Waals surface area contributed by atoms with Gasteiger partial charge in [0.2, 0.25) is 70.9 Å². The second-order valence-electron chi connectivity index (χ2n) is 23.4. The van der Waals surface area contributed by atoms with Crippen LogP contribution in [-0.2, 0) is 87.7 Å². The molecule has 12 amide bonds. The van der Waals surface area contributed by atoms with E-state index in [4.69, 9.17) is 53.3 Å². The highest BCUT2D eigenvalue weighted by Crippen LogP contribution is 2.30. The molecule has 0 aromatic heterocycles.